The summed E-state index contributed by atoms with van der Waals surface area (Å²) >= 11 is 7.86. The molecule has 0 aliphatic rings. The minimum atomic E-state index is 0.266. The molecule has 0 bridgehead atoms. The van der Waals surface area contributed by atoms with Crippen molar-refractivity contribution in [2.75, 3.05) is 6.54 Å². The molecule has 1 atom stereocenters. The van der Waals surface area contributed by atoms with Crippen LogP contribution in [0.3, 0.4) is 0 Å². The molecule has 1 unspecified atom stereocenters. The van der Waals surface area contributed by atoms with Crippen molar-refractivity contribution in [3.8, 4) is 0 Å². The Balaban J connectivity index is 2.22. The second-order valence-corrected chi connectivity index (χ2v) is 5.38. The largest absolute Gasteiger partial charge is 0.309 e. The number of aromatic nitrogens is 2. The maximum absolute atomic E-state index is 6.17. The smallest absolute Gasteiger partial charge is 0.0798 e. The lowest BCUT2D eigenvalue weighted by atomic mass is 10.0. The highest BCUT2D eigenvalue weighted by molar-refractivity contribution is 7.09. The summed E-state index contributed by atoms with van der Waals surface area (Å²) in [4.78, 5) is 9.62. The van der Waals surface area contributed by atoms with Crippen molar-refractivity contribution in [1.82, 2.24) is 15.3 Å². The lowest BCUT2D eigenvalue weighted by molar-refractivity contribution is 0.554. The van der Waals surface area contributed by atoms with E-state index in [1.54, 1.807) is 23.7 Å². The summed E-state index contributed by atoms with van der Waals surface area (Å²) < 4.78 is 0. The molecule has 0 saturated carbocycles. The first kappa shape index (κ1) is 13.5. The highest BCUT2D eigenvalue weighted by Crippen LogP contribution is 2.27. The number of nitrogens with one attached hydrogen (secondary N) is 1. The first-order valence-electron chi connectivity index (χ1n) is 5.94. The van der Waals surface area contributed by atoms with E-state index in [0.29, 0.717) is 0 Å². The third kappa shape index (κ3) is 3.07. The number of likely N-dealkylation sites (N-methyl/N-ethyl adjacent to an activating group) is 1. The molecule has 0 fully saturated rings. The van der Waals surface area contributed by atoms with Gasteiger partial charge in [0.05, 0.1) is 16.2 Å². The van der Waals surface area contributed by atoms with Gasteiger partial charge in [-0.2, -0.15) is 0 Å². The maximum atomic E-state index is 6.17. The predicted octanol–water partition coefficient (Wildman–Crippen LogP) is 3.39. The van der Waals surface area contributed by atoms with Crippen LogP contribution in [0.15, 0.2) is 24.0 Å². The first-order valence-corrected chi connectivity index (χ1v) is 7.20. The van der Waals surface area contributed by atoms with Gasteiger partial charge in [-0.05, 0) is 31.5 Å². The number of nitrogens with zero attached hydrogens (tertiary/aromatic N) is 2. The number of thiazole rings is 1. The van der Waals surface area contributed by atoms with Gasteiger partial charge in [0.15, 0.2) is 0 Å². The lowest BCUT2D eigenvalue weighted by Gasteiger charge is -2.17. The van der Waals surface area contributed by atoms with Gasteiger partial charge in [-0.3, -0.25) is 4.98 Å². The van der Waals surface area contributed by atoms with Gasteiger partial charge in [-0.15, -0.1) is 11.3 Å². The van der Waals surface area contributed by atoms with Crippen LogP contribution in [0.4, 0.5) is 0 Å². The summed E-state index contributed by atoms with van der Waals surface area (Å²) in [7, 11) is 0. The Hall–Kier alpha value is -0.970. The normalized spacial score (nSPS) is 12.6. The van der Waals surface area contributed by atoms with Gasteiger partial charge in [0.25, 0.3) is 0 Å². The SMILES string of the molecule is CCNC(Cc1ccncc1Cl)c1scnc1C. The van der Waals surface area contributed by atoms with Gasteiger partial charge in [-0.25, -0.2) is 4.98 Å². The molecular formula is C13H16ClN3S. The summed E-state index contributed by atoms with van der Waals surface area (Å²) in [6.45, 7) is 5.08. The molecule has 0 saturated heterocycles. The monoisotopic (exact) mass is 281 g/mol. The Kier molecular flexibility index (Phi) is 4.69. The molecule has 5 heteroatoms. The van der Waals surface area contributed by atoms with Gasteiger partial charge in [-0.1, -0.05) is 18.5 Å². The third-order valence-corrected chi connectivity index (χ3v) is 4.22. The highest BCUT2D eigenvalue weighted by Gasteiger charge is 2.16. The first-order chi connectivity index (χ1) is 8.72. The van der Waals surface area contributed by atoms with Crippen molar-refractivity contribution in [1.29, 1.82) is 0 Å². The summed E-state index contributed by atoms with van der Waals surface area (Å²) in [5.41, 5.74) is 4.10. The number of hydrogen-bond donors (Lipinski definition) is 1. The molecule has 2 heterocycles. The van der Waals surface area contributed by atoms with Crippen LogP contribution in [0.5, 0.6) is 0 Å². The van der Waals surface area contributed by atoms with Crippen molar-refractivity contribution < 1.29 is 0 Å². The van der Waals surface area contributed by atoms with E-state index in [0.717, 1.165) is 29.2 Å². The fourth-order valence-corrected chi connectivity index (χ4v) is 3.01. The van der Waals surface area contributed by atoms with Gasteiger partial charge in [0.1, 0.15) is 0 Å². The molecule has 0 aromatic carbocycles. The molecule has 0 radical (unpaired) electrons. The predicted molar refractivity (Wildman–Crippen MR) is 76.2 cm³/mol. The number of rotatable bonds is 5. The van der Waals surface area contributed by atoms with Crippen LogP contribution in [0.25, 0.3) is 0 Å². The Labute approximate surface area is 116 Å². The Morgan fingerprint density at radius 3 is 2.94 bits per heavy atom. The zero-order chi connectivity index (χ0) is 13.0. The minimum absolute atomic E-state index is 0.266. The van der Waals surface area contributed by atoms with E-state index < -0.39 is 0 Å². The summed E-state index contributed by atoms with van der Waals surface area (Å²) in [5, 5.41) is 4.22. The molecule has 0 spiro atoms. The van der Waals surface area contributed by atoms with E-state index in [9.17, 15) is 0 Å². The molecule has 0 aliphatic carbocycles. The second kappa shape index (κ2) is 6.27. The fourth-order valence-electron chi connectivity index (χ4n) is 1.94. The van der Waals surface area contributed by atoms with Crippen molar-refractivity contribution in [3.63, 3.8) is 0 Å². The van der Waals surface area contributed by atoms with Crippen LogP contribution < -0.4 is 5.32 Å². The van der Waals surface area contributed by atoms with Crippen LogP contribution in [-0.4, -0.2) is 16.5 Å². The van der Waals surface area contributed by atoms with E-state index in [4.69, 9.17) is 11.6 Å². The number of pyridine rings is 1. The van der Waals surface area contributed by atoms with Crippen molar-refractivity contribution >= 4 is 22.9 Å². The van der Waals surface area contributed by atoms with Crippen molar-refractivity contribution in [2.24, 2.45) is 0 Å². The van der Waals surface area contributed by atoms with Crippen LogP contribution >= 0.6 is 22.9 Å². The van der Waals surface area contributed by atoms with Gasteiger partial charge < -0.3 is 5.32 Å². The minimum Gasteiger partial charge on any atom is -0.309 e. The third-order valence-electron chi connectivity index (χ3n) is 2.83. The molecule has 1 N–H and O–H groups in total. The number of aryl methyl sites for hydroxylation is 1. The molecule has 2 aromatic rings. The van der Waals surface area contributed by atoms with Crippen LogP contribution in [0, 0.1) is 6.92 Å². The van der Waals surface area contributed by atoms with E-state index >= 15 is 0 Å². The average molecular weight is 282 g/mol. The van der Waals surface area contributed by atoms with E-state index in [2.05, 4.69) is 22.2 Å². The molecule has 0 aliphatic heterocycles. The maximum Gasteiger partial charge on any atom is 0.0798 e. The van der Waals surface area contributed by atoms with Gasteiger partial charge >= 0.3 is 0 Å². The summed E-state index contributed by atoms with van der Waals surface area (Å²) in [6.07, 6.45) is 4.33. The van der Waals surface area contributed by atoms with Gasteiger partial charge in [0, 0.05) is 23.3 Å². The molecule has 3 nitrogen and oxygen atoms in total. The molecule has 2 aromatic heterocycles. The lowest BCUT2D eigenvalue weighted by Crippen LogP contribution is -2.23. The standard InChI is InChI=1S/C13H16ClN3S/c1-3-16-12(13-9(2)17-8-18-13)6-10-4-5-15-7-11(10)14/h4-5,7-8,12,16H,3,6H2,1-2H3. The van der Waals surface area contributed by atoms with E-state index in [1.165, 1.54) is 4.88 Å². The number of halogens is 1. The molecular weight excluding hydrogens is 266 g/mol. The molecule has 18 heavy (non-hydrogen) atoms. The number of hydrogen-bond acceptors (Lipinski definition) is 4. The zero-order valence-corrected chi connectivity index (χ0v) is 12.1. The van der Waals surface area contributed by atoms with Crippen LogP contribution in [0.1, 0.15) is 29.1 Å². The average Bonchev–Trinajstić information content (AvgIpc) is 2.78. The summed E-state index contributed by atoms with van der Waals surface area (Å²) in [6, 6.07) is 2.24. The quantitative estimate of drug-likeness (QED) is 0.913. The van der Waals surface area contributed by atoms with Crippen molar-refractivity contribution in [3.05, 3.63) is 45.1 Å². The van der Waals surface area contributed by atoms with E-state index in [-0.39, 0.29) is 6.04 Å². The Morgan fingerprint density at radius 1 is 1.50 bits per heavy atom. The van der Waals surface area contributed by atoms with Crippen LogP contribution in [0.2, 0.25) is 5.02 Å². The van der Waals surface area contributed by atoms with Crippen LogP contribution in [-0.2, 0) is 6.42 Å². The molecule has 96 valence electrons. The Bertz CT molecular complexity index is 512. The summed E-state index contributed by atoms with van der Waals surface area (Å²) in [5.74, 6) is 0. The second-order valence-electron chi connectivity index (χ2n) is 4.08. The highest BCUT2D eigenvalue weighted by atomic mass is 35.5. The fraction of sp³-hybridized carbons (Fsp3) is 0.385. The zero-order valence-electron chi connectivity index (χ0n) is 10.5. The topological polar surface area (TPSA) is 37.8 Å². The van der Waals surface area contributed by atoms with Gasteiger partial charge in [0.2, 0.25) is 0 Å². The van der Waals surface area contributed by atoms with Crippen molar-refractivity contribution in [2.45, 2.75) is 26.3 Å². The molecule has 0 amide bonds. The molecule has 2 rings (SSSR count). The van der Waals surface area contributed by atoms with E-state index in [1.807, 2.05) is 18.5 Å². The Morgan fingerprint density at radius 2 is 2.33 bits per heavy atom.